The summed E-state index contributed by atoms with van der Waals surface area (Å²) in [6.45, 7) is 2.06. The van der Waals surface area contributed by atoms with Gasteiger partial charge in [-0.1, -0.05) is 18.2 Å². The van der Waals surface area contributed by atoms with E-state index >= 15 is 0 Å². The van der Waals surface area contributed by atoms with E-state index < -0.39 is 5.97 Å². The summed E-state index contributed by atoms with van der Waals surface area (Å²) >= 11 is 0. The summed E-state index contributed by atoms with van der Waals surface area (Å²) in [4.78, 5) is 27.5. The predicted molar refractivity (Wildman–Crippen MR) is 130 cm³/mol. The van der Waals surface area contributed by atoms with Crippen LogP contribution in [0.3, 0.4) is 0 Å². The molecule has 2 heterocycles. The van der Waals surface area contributed by atoms with Gasteiger partial charge in [-0.15, -0.1) is 0 Å². The number of benzene rings is 2. The third kappa shape index (κ3) is 5.17. The average Bonchev–Trinajstić information content (AvgIpc) is 3.22. The van der Waals surface area contributed by atoms with Gasteiger partial charge in [0, 0.05) is 30.1 Å². The van der Waals surface area contributed by atoms with Gasteiger partial charge >= 0.3 is 12.0 Å². The Balaban J connectivity index is 1.18. The smallest absolute Gasteiger partial charge is 0.316 e. The molecule has 5 rings (SSSR count). The Morgan fingerprint density at radius 2 is 1.79 bits per heavy atom. The molecule has 1 fully saturated rings. The topological polar surface area (TPSA) is 113 Å². The Morgan fingerprint density at radius 1 is 1.06 bits per heavy atom. The van der Waals surface area contributed by atoms with Crippen LogP contribution in [0, 0.1) is 12.8 Å². The zero-order valence-electron chi connectivity index (χ0n) is 19.0. The van der Waals surface area contributed by atoms with Crippen LogP contribution in [0.2, 0.25) is 0 Å². The maximum Gasteiger partial charge on any atom is 0.316 e. The lowest BCUT2D eigenvalue weighted by molar-refractivity contribution is -0.138. The number of H-pyrrole nitrogens is 1. The summed E-state index contributed by atoms with van der Waals surface area (Å²) < 4.78 is 5.93. The van der Waals surface area contributed by atoms with Gasteiger partial charge in [0.25, 0.3) is 0 Å². The van der Waals surface area contributed by atoms with Gasteiger partial charge in [-0.25, -0.2) is 15.0 Å². The molecule has 0 bridgehead atoms. The fourth-order valence-electron chi connectivity index (χ4n) is 4.44. The minimum atomic E-state index is -0.725. The SMILES string of the molecule is Cc1ccc2nc(Nc3ccc(-c4cnc(OC5CCC(CC(=O)O)CC5)nc4)cc3)[nH]c2c1. The highest BCUT2D eigenvalue weighted by Gasteiger charge is 2.24. The Morgan fingerprint density at radius 3 is 2.50 bits per heavy atom. The van der Waals surface area contributed by atoms with Crippen molar-refractivity contribution in [3.05, 3.63) is 60.4 Å². The van der Waals surface area contributed by atoms with Crippen molar-refractivity contribution in [2.24, 2.45) is 5.92 Å². The maximum atomic E-state index is 10.9. The molecule has 3 N–H and O–H groups in total. The van der Waals surface area contributed by atoms with Crippen LogP contribution in [0.1, 0.15) is 37.7 Å². The third-order valence-electron chi connectivity index (χ3n) is 6.28. The van der Waals surface area contributed by atoms with E-state index in [0.717, 1.165) is 53.5 Å². The van der Waals surface area contributed by atoms with E-state index in [-0.39, 0.29) is 18.4 Å². The largest absolute Gasteiger partial charge is 0.481 e. The molecule has 0 unspecified atom stereocenters. The Labute approximate surface area is 197 Å². The summed E-state index contributed by atoms with van der Waals surface area (Å²) in [6.07, 6.45) is 7.22. The van der Waals surface area contributed by atoms with Crippen molar-refractivity contribution in [3.63, 3.8) is 0 Å². The molecule has 4 aromatic rings. The number of anilines is 2. The first kappa shape index (κ1) is 21.9. The van der Waals surface area contributed by atoms with Gasteiger partial charge in [0.1, 0.15) is 6.10 Å². The molecular formula is C26H27N5O3. The lowest BCUT2D eigenvalue weighted by atomic mass is 9.85. The molecule has 2 aromatic carbocycles. The quantitative estimate of drug-likeness (QED) is 0.336. The van der Waals surface area contributed by atoms with Gasteiger partial charge in [-0.3, -0.25) is 4.79 Å². The molecule has 0 amide bonds. The summed E-state index contributed by atoms with van der Waals surface area (Å²) in [5, 5.41) is 12.3. The minimum Gasteiger partial charge on any atom is -0.481 e. The van der Waals surface area contributed by atoms with E-state index in [2.05, 4.69) is 38.2 Å². The van der Waals surface area contributed by atoms with E-state index in [9.17, 15) is 4.79 Å². The van der Waals surface area contributed by atoms with Gasteiger partial charge in [-0.2, -0.15) is 0 Å². The fraction of sp³-hybridized carbons (Fsp3) is 0.308. The highest BCUT2D eigenvalue weighted by Crippen LogP contribution is 2.29. The Kier molecular flexibility index (Phi) is 6.12. The fourth-order valence-corrected chi connectivity index (χ4v) is 4.44. The van der Waals surface area contributed by atoms with E-state index in [1.807, 2.05) is 36.4 Å². The molecule has 0 aliphatic heterocycles. The second kappa shape index (κ2) is 9.51. The summed E-state index contributed by atoms with van der Waals surface area (Å²) in [5.74, 6) is 0.223. The van der Waals surface area contributed by atoms with Gasteiger partial charge in [0.15, 0.2) is 0 Å². The maximum absolute atomic E-state index is 10.9. The molecule has 0 atom stereocenters. The van der Waals surface area contributed by atoms with E-state index in [1.165, 1.54) is 5.56 Å². The molecule has 1 aliphatic rings. The number of aliphatic carboxylic acids is 1. The minimum absolute atomic E-state index is 0.0448. The van der Waals surface area contributed by atoms with E-state index in [1.54, 1.807) is 12.4 Å². The van der Waals surface area contributed by atoms with Crippen LogP contribution in [-0.2, 0) is 4.79 Å². The van der Waals surface area contributed by atoms with Crippen molar-refractivity contribution >= 4 is 28.6 Å². The summed E-state index contributed by atoms with van der Waals surface area (Å²) in [6, 6.07) is 14.5. The molecule has 0 radical (unpaired) electrons. The number of fused-ring (bicyclic) bond motifs is 1. The number of aryl methyl sites for hydroxylation is 1. The molecule has 174 valence electrons. The Bertz CT molecular complexity index is 1280. The second-order valence-corrected chi connectivity index (χ2v) is 8.92. The standard InChI is InChI=1S/C26H27N5O3/c1-16-2-11-22-23(12-16)31-25(30-22)29-20-7-5-18(6-8-20)19-14-27-26(28-15-19)34-21-9-3-17(4-10-21)13-24(32)33/h2,5-8,11-12,14-15,17,21H,3-4,9-10,13H2,1H3,(H,32,33)(H2,29,30,31). The number of carboxylic acid groups (broad SMARTS) is 1. The van der Waals surface area contributed by atoms with Crippen molar-refractivity contribution in [1.29, 1.82) is 0 Å². The molecule has 1 saturated carbocycles. The molecular weight excluding hydrogens is 430 g/mol. The van der Waals surface area contributed by atoms with Crippen LogP contribution < -0.4 is 10.1 Å². The van der Waals surface area contributed by atoms with E-state index in [0.29, 0.717) is 12.0 Å². The molecule has 1 aliphatic carbocycles. The van der Waals surface area contributed by atoms with Crippen molar-refractivity contribution < 1.29 is 14.6 Å². The molecule has 34 heavy (non-hydrogen) atoms. The van der Waals surface area contributed by atoms with Gasteiger partial charge in [-0.05, 0) is 73.9 Å². The first-order valence-corrected chi connectivity index (χ1v) is 11.6. The monoisotopic (exact) mass is 457 g/mol. The number of hydrogen-bond acceptors (Lipinski definition) is 6. The molecule has 0 spiro atoms. The number of nitrogens with one attached hydrogen (secondary N) is 2. The number of carbonyl (C=O) groups is 1. The molecule has 8 nitrogen and oxygen atoms in total. The number of hydrogen-bond donors (Lipinski definition) is 3. The highest BCUT2D eigenvalue weighted by atomic mass is 16.5. The number of carboxylic acids is 1. The van der Waals surface area contributed by atoms with Gasteiger partial charge < -0.3 is 20.1 Å². The number of nitrogens with zero attached hydrogens (tertiary/aromatic N) is 3. The number of imidazole rings is 1. The van der Waals surface area contributed by atoms with Crippen LogP contribution >= 0.6 is 0 Å². The summed E-state index contributed by atoms with van der Waals surface area (Å²) in [7, 11) is 0. The second-order valence-electron chi connectivity index (χ2n) is 8.92. The van der Waals surface area contributed by atoms with Crippen LogP contribution in [-0.4, -0.2) is 37.1 Å². The predicted octanol–water partition coefficient (Wildman–Crippen LogP) is 5.48. The van der Waals surface area contributed by atoms with Crippen molar-refractivity contribution in [1.82, 2.24) is 19.9 Å². The van der Waals surface area contributed by atoms with Crippen molar-refractivity contribution in [2.75, 3.05) is 5.32 Å². The number of aromatic nitrogens is 4. The van der Waals surface area contributed by atoms with Gasteiger partial charge in [0.05, 0.1) is 11.0 Å². The lowest BCUT2D eigenvalue weighted by Gasteiger charge is -2.27. The zero-order chi connectivity index (χ0) is 23.5. The normalized spacial score (nSPS) is 18.0. The van der Waals surface area contributed by atoms with Crippen LogP contribution in [0.25, 0.3) is 22.2 Å². The van der Waals surface area contributed by atoms with Crippen LogP contribution in [0.15, 0.2) is 54.9 Å². The zero-order valence-corrected chi connectivity index (χ0v) is 19.0. The average molecular weight is 458 g/mol. The molecule has 2 aromatic heterocycles. The number of aromatic amines is 1. The first-order chi connectivity index (χ1) is 16.5. The van der Waals surface area contributed by atoms with E-state index in [4.69, 9.17) is 9.84 Å². The van der Waals surface area contributed by atoms with Crippen molar-refractivity contribution in [3.8, 4) is 17.1 Å². The van der Waals surface area contributed by atoms with Crippen molar-refractivity contribution in [2.45, 2.75) is 45.1 Å². The summed E-state index contributed by atoms with van der Waals surface area (Å²) in [5.41, 5.74) is 5.96. The number of ether oxygens (including phenoxy) is 1. The van der Waals surface area contributed by atoms with Crippen LogP contribution in [0.5, 0.6) is 6.01 Å². The third-order valence-corrected chi connectivity index (χ3v) is 6.28. The number of rotatable bonds is 7. The highest BCUT2D eigenvalue weighted by molar-refractivity contribution is 5.79. The van der Waals surface area contributed by atoms with Crippen LogP contribution in [0.4, 0.5) is 11.6 Å². The van der Waals surface area contributed by atoms with Gasteiger partial charge in [0.2, 0.25) is 5.95 Å². The first-order valence-electron chi connectivity index (χ1n) is 11.6. The molecule has 0 saturated heterocycles. The lowest BCUT2D eigenvalue weighted by Crippen LogP contribution is -2.25. The Hall–Kier alpha value is -3.94. The molecule has 8 heteroatoms.